The van der Waals surface area contributed by atoms with E-state index in [-0.39, 0.29) is 22.8 Å². The Morgan fingerprint density at radius 1 is 0.824 bits per heavy atom. The van der Waals surface area contributed by atoms with Crippen LogP contribution >= 0.6 is 0 Å². The summed E-state index contributed by atoms with van der Waals surface area (Å²) in [7, 11) is 0. The average molecular weight is 220 g/mol. The van der Waals surface area contributed by atoms with Gasteiger partial charge in [0.2, 0.25) is 0 Å². The third kappa shape index (κ3) is 2.28. The Hall–Kier alpha value is -3.11. The summed E-state index contributed by atoms with van der Waals surface area (Å²) in [6.07, 6.45) is 0. The van der Waals surface area contributed by atoms with E-state index in [2.05, 4.69) is 5.32 Å². The van der Waals surface area contributed by atoms with Crippen LogP contribution < -0.4 is 5.32 Å². The molecule has 0 aromatic carbocycles. The molecule has 0 radical (unpaired) electrons. The van der Waals surface area contributed by atoms with E-state index in [4.69, 9.17) is 26.3 Å². The zero-order chi connectivity index (χ0) is 12.8. The molecule has 0 amide bonds. The van der Waals surface area contributed by atoms with Gasteiger partial charge in [-0.15, -0.1) is 0 Å². The van der Waals surface area contributed by atoms with Gasteiger partial charge < -0.3 is 5.32 Å². The Morgan fingerprint density at radius 3 is 1.65 bits per heavy atom. The van der Waals surface area contributed by atoms with E-state index in [9.17, 15) is 0 Å². The molecule has 6 heteroatoms. The molecule has 0 bridgehead atoms. The van der Waals surface area contributed by atoms with Crippen molar-refractivity contribution in [2.24, 2.45) is 0 Å². The first kappa shape index (κ1) is 12.0. The van der Waals surface area contributed by atoms with Crippen molar-refractivity contribution in [3.05, 3.63) is 22.3 Å². The number of hydrogen-bond donors (Lipinski definition) is 1. The van der Waals surface area contributed by atoms with Crippen LogP contribution in [0.4, 0.5) is 0 Å². The highest BCUT2D eigenvalue weighted by Crippen LogP contribution is 2.22. The van der Waals surface area contributed by atoms with Crippen LogP contribution in [0.5, 0.6) is 0 Å². The van der Waals surface area contributed by atoms with Crippen molar-refractivity contribution in [3.8, 4) is 30.3 Å². The van der Waals surface area contributed by atoms with Crippen molar-refractivity contribution < 1.29 is 0 Å². The Balaban J connectivity index is 3.51. The van der Waals surface area contributed by atoms with E-state index in [1.54, 1.807) is 12.1 Å². The maximum Gasteiger partial charge on any atom is 0.148 e. The van der Waals surface area contributed by atoms with Gasteiger partial charge >= 0.3 is 0 Å². The van der Waals surface area contributed by atoms with Crippen LogP contribution in [-0.4, -0.2) is 12.6 Å². The molecule has 1 N–H and O–H groups in total. The molecule has 0 saturated carbocycles. The van der Waals surface area contributed by atoms with Crippen LogP contribution in [0.3, 0.4) is 0 Å². The summed E-state index contributed by atoms with van der Waals surface area (Å²) in [4.78, 5) is 0. The maximum atomic E-state index is 8.95. The Morgan fingerprint density at radius 2 is 1.35 bits per heavy atom. The molecule has 17 heavy (non-hydrogen) atoms. The monoisotopic (exact) mass is 220 g/mol. The maximum absolute atomic E-state index is 8.95. The molecular formula is C11H4N6. The fourth-order valence-corrected chi connectivity index (χ4v) is 1.20. The standard InChI is InChI=1S/C11H4N6/c12-1-7(2-13)8(3-14)9(4-15)10(5-16)11-6-17-11/h11,17H,6H2/b10-9+. The van der Waals surface area contributed by atoms with E-state index >= 15 is 0 Å². The molecule has 1 aliphatic heterocycles. The Bertz CT molecular complexity index is 597. The summed E-state index contributed by atoms with van der Waals surface area (Å²) < 4.78 is 0. The third-order valence-corrected chi connectivity index (χ3v) is 2.09. The first-order chi connectivity index (χ1) is 8.23. The van der Waals surface area contributed by atoms with Crippen molar-refractivity contribution in [1.82, 2.24) is 5.32 Å². The molecule has 0 aliphatic carbocycles. The molecule has 1 atom stereocenters. The fourth-order valence-electron chi connectivity index (χ4n) is 1.20. The quantitative estimate of drug-likeness (QED) is 0.399. The van der Waals surface area contributed by atoms with Crippen molar-refractivity contribution in [3.63, 3.8) is 0 Å². The third-order valence-electron chi connectivity index (χ3n) is 2.09. The van der Waals surface area contributed by atoms with E-state index in [0.29, 0.717) is 6.54 Å². The molecule has 6 nitrogen and oxygen atoms in total. The van der Waals surface area contributed by atoms with E-state index in [1.165, 1.54) is 12.1 Å². The average Bonchev–Trinajstić information content (AvgIpc) is 3.17. The number of rotatable bonds is 2. The lowest BCUT2D eigenvalue weighted by molar-refractivity contribution is 1.13. The first-order valence-corrected chi connectivity index (χ1v) is 4.46. The van der Waals surface area contributed by atoms with Gasteiger partial charge in [-0.1, -0.05) is 0 Å². The topological polar surface area (TPSA) is 141 Å². The normalized spacial score (nSPS) is 17.0. The lowest BCUT2D eigenvalue weighted by Crippen LogP contribution is -2.02. The van der Waals surface area contributed by atoms with Crippen LogP contribution in [0.1, 0.15) is 0 Å². The second kappa shape index (κ2) is 5.11. The van der Waals surface area contributed by atoms with Crippen molar-refractivity contribution in [2.75, 3.05) is 6.54 Å². The zero-order valence-corrected chi connectivity index (χ0v) is 8.52. The van der Waals surface area contributed by atoms with Crippen LogP contribution in [-0.2, 0) is 0 Å². The molecule has 1 saturated heterocycles. The fraction of sp³-hybridized carbons (Fsp3) is 0.182. The van der Waals surface area contributed by atoms with Crippen molar-refractivity contribution in [1.29, 1.82) is 26.3 Å². The van der Waals surface area contributed by atoms with Gasteiger partial charge in [-0.25, -0.2) is 0 Å². The van der Waals surface area contributed by atoms with Gasteiger partial charge in [-0.2, -0.15) is 26.3 Å². The summed E-state index contributed by atoms with van der Waals surface area (Å²) in [6.45, 7) is 0.543. The molecule has 1 rings (SSSR count). The minimum atomic E-state index is -0.461. The Labute approximate surface area is 97.5 Å². The lowest BCUT2D eigenvalue weighted by atomic mass is 9.97. The number of nitriles is 5. The van der Waals surface area contributed by atoms with Gasteiger partial charge in [0.05, 0.1) is 28.8 Å². The minimum Gasteiger partial charge on any atom is -0.306 e. The highest BCUT2D eigenvalue weighted by molar-refractivity contribution is 5.64. The predicted molar refractivity (Wildman–Crippen MR) is 53.9 cm³/mol. The number of hydrogen-bond acceptors (Lipinski definition) is 6. The van der Waals surface area contributed by atoms with Crippen LogP contribution in [0, 0.1) is 56.7 Å². The van der Waals surface area contributed by atoms with Crippen LogP contribution in [0.15, 0.2) is 22.3 Å². The van der Waals surface area contributed by atoms with Gasteiger partial charge in [-0.05, 0) is 0 Å². The summed E-state index contributed by atoms with van der Waals surface area (Å²) in [5, 5.41) is 46.9. The molecule has 0 aromatic rings. The zero-order valence-electron chi connectivity index (χ0n) is 8.52. The predicted octanol–water partition coefficient (Wildman–Crippen LogP) is 0.169. The molecule has 0 spiro atoms. The smallest absolute Gasteiger partial charge is 0.148 e. The molecule has 1 aliphatic rings. The van der Waals surface area contributed by atoms with Crippen molar-refractivity contribution >= 4 is 0 Å². The molecular weight excluding hydrogens is 216 g/mol. The van der Waals surface area contributed by atoms with Gasteiger partial charge in [0.1, 0.15) is 29.8 Å². The molecule has 1 heterocycles. The highest BCUT2D eigenvalue weighted by Gasteiger charge is 2.30. The molecule has 0 aromatic heterocycles. The summed E-state index contributed by atoms with van der Waals surface area (Å²) in [5.74, 6) is 0. The number of nitrogens with zero attached hydrogens (tertiary/aromatic N) is 5. The lowest BCUT2D eigenvalue weighted by Gasteiger charge is -1.99. The second-order valence-corrected chi connectivity index (χ2v) is 3.06. The Kier molecular flexibility index (Phi) is 3.59. The van der Waals surface area contributed by atoms with Crippen molar-refractivity contribution in [2.45, 2.75) is 6.04 Å². The second-order valence-electron chi connectivity index (χ2n) is 3.06. The van der Waals surface area contributed by atoms with Gasteiger partial charge in [0.15, 0.2) is 0 Å². The first-order valence-electron chi connectivity index (χ1n) is 4.46. The van der Waals surface area contributed by atoms with Gasteiger partial charge in [-0.3, -0.25) is 0 Å². The van der Waals surface area contributed by atoms with Crippen LogP contribution in [0.2, 0.25) is 0 Å². The molecule has 1 unspecified atom stereocenters. The van der Waals surface area contributed by atoms with E-state index in [1.807, 2.05) is 6.07 Å². The van der Waals surface area contributed by atoms with Gasteiger partial charge in [0.25, 0.3) is 0 Å². The SMILES string of the molecule is N#CC(C#N)=C(C#N)/C(C#N)=C(\C#N)C1CN1. The summed E-state index contributed by atoms with van der Waals surface area (Å²) >= 11 is 0. The minimum absolute atomic E-state index is 0.0899. The van der Waals surface area contributed by atoms with Crippen LogP contribution in [0.25, 0.3) is 0 Å². The molecule has 78 valence electrons. The number of nitrogens with one attached hydrogen (secondary N) is 1. The highest BCUT2D eigenvalue weighted by atomic mass is 15.1. The number of allylic oxidation sites excluding steroid dienone is 3. The summed E-state index contributed by atoms with van der Waals surface area (Å²) in [5.41, 5.74) is -0.921. The summed E-state index contributed by atoms with van der Waals surface area (Å²) in [6, 6.07) is 7.97. The molecule has 1 fully saturated rings. The van der Waals surface area contributed by atoms with E-state index in [0.717, 1.165) is 0 Å². The van der Waals surface area contributed by atoms with E-state index < -0.39 is 5.57 Å². The van der Waals surface area contributed by atoms with Gasteiger partial charge in [0, 0.05) is 6.54 Å². The largest absolute Gasteiger partial charge is 0.306 e.